The Kier molecular flexibility index (Phi) is 7.42. The number of amides is 1. The van der Waals surface area contributed by atoms with E-state index in [0.29, 0.717) is 17.1 Å². The zero-order chi connectivity index (χ0) is 19.8. The molecule has 2 aromatic rings. The molecule has 1 heterocycles. The van der Waals surface area contributed by atoms with Crippen LogP contribution in [0.4, 0.5) is 5.69 Å². The van der Waals surface area contributed by atoms with Crippen molar-refractivity contribution in [2.45, 2.75) is 32.7 Å². The molecular weight excluding hydrogens is 370 g/mol. The van der Waals surface area contributed by atoms with Crippen LogP contribution in [0.1, 0.15) is 52.0 Å². The van der Waals surface area contributed by atoms with E-state index in [0.717, 1.165) is 19.3 Å². The van der Waals surface area contributed by atoms with Crippen molar-refractivity contribution in [3.05, 3.63) is 56.0 Å². The second kappa shape index (κ2) is 9.77. The molecule has 0 saturated carbocycles. The monoisotopic (exact) mass is 391 g/mol. The summed E-state index contributed by atoms with van der Waals surface area (Å²) in [5, 5.41) is 13.0. The Morgan fingerprint density at radius 2 is 1.96 bits per heavy atom. The van der Waals surface area contributed by atoms with Gasteiger partial charge in [-0.1, -0.05) is 19.8 Å². The predicted molar refractivity (Wildman–Crippen MR) is 101 cm³/mol. The minimum atomic E-state index is -0.517. The molecule has 0 aliphatic heterocycles. The first-order valence-corrected chi connectivity index (χ1v) is 9.40. The van der Waals surface area contributed by atoms with Crippen molar-refractivity contribution in [2.24, 2.45) is 0 Å². The summed E-state index contributed by atoms with van der Waals surface area (Å²) in [4.78, 5) is 40.6. The highest BCUT2D eigenvalue weighted by Crippen LogP contribution is 2.18. The van der Waals surface area contributed by atoms with Crippen molar-refractivity contribution in [3.8, 4) is 0 Å². The van der Waals surface area contributed by atoms with Gasteiger partial charge in [-0.2, -0.15) is 0 Å². The number of benzene rings is 1. The zero-order valence-corrected chi connectivity index (χ0v) is 16.0. The lowest BCUT2D eigenvalue weighted by Gasteiger charge is -2.21. The molecular formula is C18H21N3O5S. The van der Waals surface area contributed by atoms with E-state index in [4.69, 9.17) is 0 Å². The van der Waals surface area contributed by atoms with Crippen LogP contribution in [0.15, 0.2) is 29.6 Å². The number of nitro groups is 1. The molecule has 1 aromatic carbocycles. The summed E-state index contributed by atoms with van der Waals surface area (Å²) >= 11 is 1.28. The van der Waals surface area contributed by atoms with Crippen LogP contribution >= 0.6 is 11.3 Å². The van der Waals surface area contributed by atoms with Gasteiger partial charge in [0, 0.05) is 29.6 Å². The fraction of sp³-hybridized carbons (Fsp3) is 0.389. The topological polar surface area (TPSA) is 103 Å². The summed E-state index contributed by atoms with van der Waals surface area (Å²) < 4.78 is 4.65. The van der Waals surface area contributed by atoms with Gasteiger partial charge < -0.3 is 9.64 Å². The maximum Gasteiger partial charge on any atom is 0.357 e. The Morgan fingerprint density at radius 1 is 1.26 bits per heavy atom. The molecule has 0 fully saturated rings. The molecule has 0 aliphatic rings. The van der Waals surface area contributed by atoms with Crippen LogP contribution in [0.2, 0.25) is 0 Å². The largest absolute Gasteiger partial charge is 0.464 e. The number of nitrogens with zero attached hydrogens (tertiary/aromatic N) is 3. The first-order chi connectivity index (χ1) is 13.0. The molecule has 9 heteroatoms. The number of esters is 1. The standard InChI is InChI=1S/C18H21N3O5S/c1-3-4-5-10-20(11-16-19-15(12-27-16)18(23)26-2)17(22)13-6-8-14(9-7-13)21(24)25/h6-9,12H,3-5,10-11H2,1-2H3. The number of aromatic nitrogens is 1. The molecule has 144 valence electrons. The molecule has 0 unspecified atom stereocenters. The number of carbonyl (C=O) groups is 2. The smallest absolute Gasteiger partial charge is 0.357 e. The highest BCUT2D eigenvalue weighted by Gasteiger charge is 2.19. The molecule has 0 radical (unpaired) electrons. The molecule has 0 aliphatic carbocycles. The van der Waals surface area contributed by atoms with Crippen LogP contribution in [0.5, 0.6) is 0 Å². The summed E-state index contributed by atoms with van der Waals surface area (Å²) in [7, 11) is 1.29. The van der Waals surface area contributed by atoms with E-state index < -0.39 is 10.9 Å². The minimum Gasteiger partial charge on any atom is -0.464 e. The van der Waals surface area contributed by atoms with Gasteiger partial charge in [-0.05, 0) is 18.6 Å². The van der Waals surface area contributed by atoms with Gasteiger partial charge in [0.2, 0.25) is 0 Å². The summed E-state index contributed by atoms with van der Waals surface area (Å²) in [6, 6.07) is 5.54. The Morgan fingerprint density at radius 3 is 2.56 bits per heavy atom. The summed E-state index contributed by atoms with van der Waals surface area (Å²) in [5.41, 5.74) is 0.530. The molecule has 0 saturated heterocycles. The van der Waals surface area contributed by atoms with Crippen LogP contribution in [0, 0.1) is 10.1 Å². The molecule has 1 aromatic heterocycles. The maximum absolute atomic E-state index is 12.9. The Bertz CT molecular complexity index is 804. The lowest BCUT2D eigenvalue weighted by atomic mass is 10.1. The van der Waals surface area contributed by atoms with Crippen molar-refractivity contribution >= 4 is 28.9 Å². The fourth-order valence-corrected chi connectivity index (χ4v) is 3.24. The molecule has 8 nitrogen and oxygen atoms in total. The highest BCUT2D eigenvalue weighted by molar-refractivity contribution is 7.09. The van der Waals surface area contributed by atoms with Gasteiger partial charge in [-0.25, -0.2) is 9.78 Å². The SMILES string of the molecule is CCCCCN(Cc1nc(C(=O)OC)cs1)C(=O)c1ccc([N+](=O)[O-])cc1. The number of rotatable bonds is 9. The molecule has 27 heavy (non-hydrogen) atoms. The molecule has 1 amide bonds. The van der Waals surface area contributed by atoms with E-state index in [1.807, 2.05) is 0 Å². The summed E-state index contributed by atoms with van der Waals surface area (Å²) in [6.07, 6.45) is 2.84. The minimum absolute atomic E-state index is 0.0632. The fourth-order valence-electron chi connectivity index (χ4n) is 2.46. The Labute approximate surface area is 160 Å². The Balaban J connectivity index is 2.17. The second-order valence-corrected chi connectivity index (χ2v) is 6.80. The van der Waals surface area contributed by atoms with Gasteiger partial charge in [0.05, 0.1) is 18.6 Å². The average molecular weight is 391 g/mol. The number of ether oxygens (including phenoxy) is 1. The number of hydrogen-bond acceptors (Lipinski definition) is 7. The van der Waals surface area contributed by atoms with E-state index in [2.05, 4.69) is 16.6 Å². The predicted octanol–water partition coefficient (Wildman–Crippen LogP) is 3.67. The van der Waals surface area contributed by atoms with Gasteiger partial charge in [-0.15, -0.1) is 11.3 Å². The molecule has 2 rings (SSSR count). The maximum atomic E-state index is 12.9. The van der Waals surface area contributed by atoms with E-state index in [1.54, 1.807) is 10.3 Å². The number of thiazole rings is 1. The number of non-ortho nitro benzene ring substituents is 1. The van der Waals surface area contributed by atoms with E-state index in [1.165, 1.54) is 42.7 Å². The van der Waals surface area contributed by atoms with Gasteiger partial charge in [0.15, 0.2) is 5.69 Å². The first-order valence-electron chi connectivity index (χ1n) is 8.52. The van der Waals surface area contributed by atoms with E-state index in [9.17, 15) is 19.7 Å². The molecule has 0 atom stereocenters. The van der Waals surface area contributed by atoms with Crippen LogP contribution in [0.25, 0.3) is 0 Å². The van der Waals surface area contributed by atoms with Gasteiger partial charge in [-0.3, -0.25) is 14.9 Å². The number of nitro benzene ring substituents is 1. The number of hydrogen-bond donors (Lipinski definition) is 0. The van der Waals surface area contributed by atoms with Gasteiger partial charge in [0.1, 0.15) is 5.01 Å². The first kappa shape index (κ1) is 20.5. The van der Waals surface area contributed by atoms with Crippen LogP contribution in [0.3, 0.4) is 0 Å². The summed E-state index contributed by atoms with van der Waals surface area (Å²) in [5.74, 6) is -0.743. The van der Waals surface area contributed by atoms with Gasteiger partial charge in [0.25, 0.3) is 11.6 Å². The van der Waals surface area contributed by atoms with Crippen LogP contribution in [-0.2, 0) is 11.3 Å². The van der Waals surface area contributed by atoms with Crippen molar-refractivity contribution < 1.29 is 19.2 Å². The van der Waals surface area contributed by atoms with E-state index in [-0.39, 0.29) is 23.8 Å². The van der Waals surface area contributed by atoms with E-state index >= 15 is 0 Å². The van der Waals surface area contributed by atoms with Crippen molar-refractivity contribution in [1.82, 2.24) is 9.88 Å². The lowest BCUT2D eigenvalue weighted by molar-refractivity contribution is -0.384. The zero-order valence-electron chi connectivity index (χ0n) is 15.2. The highest BCUT2D eigenvalue weighted by atomic mass is 32.1. The van der Waals surface area contributed by atoms with Crippen molar-refractivity contribution in [1.29, 1.82) is 0 Å². The summed E-state index contributed by atoms with van der Waals surface area (Å²) in [6.45, 7) is 2.88. The quantitative estimate of drug-likeness (QED) is 0.280. The Hall–Kier alpha value is -2.81. The number of carbonyl (C=O) groups excluding carboxylic acids is 2. The molecule has 0 bridgehead atoms. The number of methoxy groups -OCH3 is 1. The van der Waals surface area contributed by atoms with Crippen molar-refractivity contribution in [3.63, 3.8) is 0 Å². The molecule has 0 N–H and O–H groups in total. The number of unbranched alkanes of at least 4 members (excludes halogenated alkanes) is 2. The van der Waals surface area contributed by atoms with Gasteiger partial charge >= 0.3 is 5.97 Å². The molecule has 0 spiro atoms. The normalized spacial score (nSPS) is 10.4. The second-order valence-electron chi connectivity index (χ2n) is 5.86. The third kappa shape index (κ3) is 5.58. The van der Waals surface area contributed by atoms with Crippen LogP contribution in [-0.4, -0.2) is 40.3 Å². The average Bonchev–Trinajstić information content (AvgIpc) is 3.15. The third-order valence-electron chi connectivity index (χ3n) is 3.92. The van der Waals surface area contributed by atoms with Crippen LogP contribution < -0.4 is 0 Å². The third-order valence-corrected chi connectivity index (χ3v) is 4.75. The van der Waals surface area contributed by atoms with Crippen molar-refractivity contribution in [2.75, 3.05) is 13.7 Å². The lowest BCUT2D eigenvalue weighted by Crippen LogP contribution is -2.31.